The maximum Gasteiger partial charge on any atom is 0.311 e. The maximum absolute atomic E-state index is 11.3. The van der Waals surface area contributed by atoms with Crippen molar-refractivity contribution in [3.8, 4) is 0 Å². The van der Waals surface area contributed by atoms with Gasteiger partial charge in [-0.1, -0.05) is 11.6 Å². The van der Waals surface area contributed by atoms with Gasteiger partial charge in [-0.3, -0.25) is 4.79 Å². The fourth-order valence-corrected chi connectivity index (χ4v) is 2.74. The Morgan fingerprint density at radius 2 is 2.47 bits per heavy atom. The van der Waals surface area contributed by atoms with Crippen LogP contribution in [0.3, 0.4) is 0 Å². The Kier molecular flexibility index (Phi) is 2.91. The third-order valence-electron chi connectivity index (χ3n) is 3.32. The van der Waals surface area contributed by atoms with Crippen LogP contribution in [0.2, 0.25) is 5.15 Å². The molecule has 2 atom stereocenters. The number of carboxylic acids is 1. The lowest BCUT2D eigenvalue weighted by Crippen LogP contribution is -2.09. The third-order valence-corrected chi connectivity index (χ3v) is 3.50. The molecule has 0 aromatic carbocycles. The minimum Gasteiger partial charge on any atom is -0.481 e. The monoisotopic (exact) mass is 281 g/mol. The number of hydrogen-bond donors (Lipinski definition) is 1. The first-order valence-electron chi connectivity index (χ1n) is 6.00. The van der Waals surface area contributed by atoms with Crippen LogP contribution in [0.25, 0.3) is 5.65 Å². The molecular formula is C12H12ClN3O3. The highest BCUT2D eigenvalue weighted by atomic mass is 35.5. The highest BCUT2D eigenvalue weighted by molar-refractivity contribution is 6.29. The lowest BCUT2D eigenvalue weighted by molar-refractivity contribution is -0.139. The van der Waals surface area contributed by atoms with Gasteiger partial charge in [-0.15, -0.1) is 0 Å². The van der Waals surface area contributed by atoms with Crippen molar-refractivity contribution in [2.24, 2.45) is 0 Å². The molecule has 19 heavy (non-hydrogen) atoms. The topological polar surface area (TPSA) is 76.7 Å². The summed E-state index contributed by atoms with van der Waals surface area (Å²) in [7, 11) is 0. The second-order valence-corrected chi connectivity index (χ2v) is 4.79. The summed E-state index contributed by atoms with van der Waals surface area (Å²) in [4.78, 5) is 15.5. The number of halogens is 1. The third kappa shape index (κ3) is 1.87. The molecule has 1 aliphatic rings. The summed E-state index contributed by atoms with van der Waals surface area (Å²) in [5.41, 5.74) is 1.99. The minimum absolute atomic E-state index is 0.289. The Morgan fingerprint density at radius 1 is 1.68 bits per heavy atom. The van der Waals surface area contributed by atoms with Gasteiger partial charge in [-0.05, 0) is 13.3 Å². The zero-order valence-electron chi connectivity index (χ0n) is 10.2. The summed E-state index contributed by atoms with van der Waals surface area (Å²) in [5.74, 6) is -1.48. The molecule has 0 radical (unpaired) electrons. The highest BCUT2D eigenvalue weighted by Gasteiger charge is 2.38. The Morgan fingerprint density at radius 3 is 3.16 bits per heavy atom. The van der Waals surface area contributed by atoms with E-state index in [1.165, 1.54) is 0 Å². The van der Waals surface area contributed by atoms with Crippen LogP contribution in [0.15, 0.2) is 12.3 Å². The second-order valence-electron chi connectivity index (χ2n) is 4.41. The van der Waals surface area contributed by atoms with Gasteiger partial charge in [0.15, 0.2) is 10.8 Å². The Hall–Kier alpha value is -1.66. The molecule has 0 aliphatic heterocycles. The molecule has 0 saturated carbocycles. The van der Waals surface area contributed by atoms with E-state index in [9.17, 15) is 9.90 Å². The number of hydrogen-bond acceptors (Lipinski definition) is 4. The van der Waals surface area contributed by atoms with Crippen LogP contribution in [0.5, 0.6) is 0 Å². The number of carbonyl (C=O) groups is 1. The minimum atomic E-state index is -0.872. The molecule has 1 aliphatic carbocycles. The Labute approximate surface area is 114 Å². The quantitative estimate of drug-likeness (QED) is 0.931. The summed E-state index contributed by atoms with van der Waals surface area (Å²) in [6.45, 7) is 2.39. The van der Waals surface area contributed by atoms with Gasteiger partial charge in [0, 0.05) is 24.4 Å². The zero-order valence-corrected chi connectivity index (χ0v) is 11.0. The molecule has 3 rings (SSSR count). The van der Waals surface area contributed by atoms with Crippen LogP contribution in [-0.2, 0) is 9.53 Å². The Balaban J connectivity index is 2.21. The molecule has 6 nitrogen and oxygen atoms in total. The van der Waals surface area contributed by atoms with Crippen LogP contribution >= 0.6 is 11.6 Å². The van der Waals surface area contributed by atoms with Gasteiger partial charge in [-0.2, -0.15) is 5.10 Å². The largest absolute Gasteiger partial charge is 0.481 e. The van der Waals surface area contributed by atoms with Crippen molar-refractivity contribution in [3.05, 3.63) is 28.7 Å². The Bertz CT molecular complexity index is 655. The van der Waals surface area contributed by atoms with E-state index in [2.05, 4.69) is 10.1 Å². The number of aromatic nitrogens is 3. The summed E-state index contributed by atoms with van der Waals surface area (Å²) in [6.07, 6.45) is 1.69. The normalized spacial score (nSPS) is 21.8. The lowest BCUT2D eigenvalue weighted by atomic mass is 10.1. The molecule has 2 aromatic heterocycles. The number of aliphatic carboxylic acids is 1. The first kappa shape index (κ1) is 12.4. The molecule has 0 spiro atoms. The van der Waals surface area contributed by atoms with Gasteiger partial charge in [-0.25, -0.2) is 9.50 Å². The summed E-state index contributed by atoms with van der Waals surface area (Å²) in [5, 5.41) is 13.8. The van der Waals surface area contributed by atoms with E-state index >= 15 is 0 Å². The van der Waals surface area contributed by atoms with E-state index in [0.717, 1.165) is 5.69 Å². The number of rotatable bonds is 3. The van der Waals surface area contributed by atoms with Crippen molar-refractivity contribution < 1.29 is 14.6 Å². The fraction of sp³-hybridized carbons (Fsp3) is 0.417. The average Bonchev–Trinajstić information content (AvgIpc) is 2.89. The predicted molar refractivity (Wildman–Crippen MR) is 67.4 cm³/mol. The standard InChI is InChI=1S/C12H12ClN3O3/c1-2-19-8-3-6(12(17)18)7-5-14-10-4-9(13)15-16(10)11(7)8/h4-6,8H,2-3H2,1H3,(H,17,18). The van der Waals surface area contributed by atoms with Crippen molar-refractivity contribution in [1.29, 1.82) is 0 Å². The lowest BCUT2D eigenvalue weighted by Gasteiger charge is -2.12. The van der Waals surface area contributed by atoms with E-state index in [1.54, 1.807) is 16.8 Å². The van der Waals surface area contributed by atoms with Crippen LogP contribution in [0.1, 0.15) is 36.6 Å². The molecule has 1 N–H and O–H groups in total. The molecular weight excluding hydrogens is 270 g/mol. The predicted octanol–water partition coefficient (Wildman–Crippen LogP) is 2.03. The number of fused-ring (bicyclic) bond motifs is 3. The molecule has 2 aromatic rings. The first-order valence-corrected chi connectivity index (χ1v) is 6.38. The number of nitrogens with zero attached hydrogens (tertiary/aromatic N) is 3. The van der Waals surface area contributed by atoms with E-state index in [4.69, 9.17) is 16.3 Å². The number of carboxylic acid groups (broad SMARTS) is 1. The smallest absolute Gasteiger partial charge is 0.311 e. The van der Waals surface area contributed by atoms with E-state index in [0.29, 0.717) is 29.4 Å². The van der Waals surface area contributed by atoms with Gasteiger partial charge >= 0.3 is 5.97 Å². The second kappa shape index (κ2) is 4.47. The fourth-order valence-electron chi connectivity index (χ4n) is 2.56. The summed E-state index contributed by atoms with van der Waals surface area (Å²) in [6, 6.07) is 1.64. The van der Waals surface area contributed by atoms with Crippen molar-refractivity contribution in [2.75, 3.05) is 6.61 Å². The average molecular weight is 282 g/mol. The maximum atomic E-state index is 11.3. The molecule has 0 fully saturated rings. The van der Waals surface area contributed by atoms with Crippen LogP contribution in [0.4, 0.5) is 0 Å². The zero-order chi connectivity index (χ0) is 13.6. The molecule has 2 heterocycles. The van der Waals surface area contributed by atoms with Crippen molar-refractivity contribution in [2.45, 2.75) is 25.4 Å². The van der Waals surface area contributed by atoms with Crippen molar-refractivity contribution in [1.82, 2.24) is 14.6 Å². The van der Waals surface area contributed by atoms with Gasteiger partial charge in [0.05, 0.1) is 11.6 Å². The molecule has 0 saturated heterocycles. The molecule has 0 amide bonds. The molecule has 2 unspecified atom stereocenters. The van der Waals surface area contributed by atoms with Crippen LogP contribution in [-0.4, -0.2) is 32.3 Å². The van der Waals surface area contributed by atoms with E-state index < -0.39 is 11.9 Å². The van der Waals surface area contributed by atoms with Crippen LogP contribution in [0, 0.1) is 0 Å². The highest BCUT2D eigenvalue weighted by Crippen LogP contribution is 2.42. The summed E-state index contributed by atoms with van der Waals surface area (Å²) < 4.78 is 7.22. The van der Waals surface area contributed by atoms with Gasteiger partial charge < -0.3 is 9.84 Å². The first-order chi connectivity index (χ1) is 9.11. The van der Waals surface area contributed by atoms with Crippen molar-refractivity contribution >= 4 is 23.2 Å². The summed E-state index contributed by atoms with van der Waals surface area (Å²) >= 11 is 5.88. The molecule has 0 bridgehead atoms. The SMILES string of the molecule is CCOC1CC(C(=O)O)c2cnc3cc(Cl)nn3c21. The van der Waals surface area contributed by atoms with Gasteiger partial charge in [0.1, 0.15) is 6.10 Å². The van der Waals surface area contributed by atoms with Gasteiger partial charge in [0.2, 0.25) is 0 Å². The van der Waals surface area contributed by atoms with E-state index in [-0.39, 0.29) is 6.10 Å². The molecule has 100 valence electrons. The number of ether oxygens (including phenoxy) is 1. The van der Waals surface area contributed by atoms with E-state index in [1.807, 2.05) is 6.92 Å². The molecule has 7 heteroatoms. The van der Waals surface area contributed by atoms with Crippen LogP contribution < -0.4 is 0 Å². The van der Waals surface area contributed by atoms with Gasteiger partial charge in [0.25, 0.3) is 0 Å². The van der Waals surface area contributed by atoms with Crippen molar-refractivity contribution in [3.63, 3.8) is 0 Å².